The van der Waals surface area contributed by atoms with Crippen molar-refractivity contribution < 1.29 is 0 Å². The van der Waals surface area contributed by atoms with Crippen molar-refractivity contribution in [1.82, 2.24) is 9.97 Å². The molecule has 0 saturated heterocycles. The van der Waals surface area contributed by atoms with E-state index in [0.717, 1.165) is 11.3 Å². The topological polar surface area (TPSA) is 25.8 Å². The van der Waals surface area contributed by atoms with Crippen molar-refractivity contribution in [3.63, 3.8) is 0 Å². The van der Waals surface area contributed by atoms with Gasteiger partial charge in [0.15, 0.2) is 0 Å². The lowest BCUT2D eigenvalue weighted by molar-refractivity contribution is 0.850. The molecule has 1 aromatic rings. The van der Waals surface area contributed by atoms with E-state index in [1.54, 1.807) is 6.33 Å². The number of allylic oxidation sites excluding steroid dienone is 3. The second-order valence-corrected chi connectivity index (χ2v) is 3.72. The van der Waals surface area contributed by atoms with Crippen molar-refractivity contribution in [1.29, 1.82) is 0 Å². The Bertz CT molecular complexity index is 376. The number of rotatable bonds is 3. The molecule has 1 heterocycles. The molecule has 0 atom stereocenters. The van der Waals surface area contributed by atoms with Gasteiger partial charge < -0.3 is 0 Å². The van der Waals surface area contributed by atoms with Crippen LogP contribution in [0.25, 0.3) is 11.6 Å². The highest BCUT2D eigenvalue weighted by Crippen LogP contribution is 2.24. The Labute approximate surface area is 106 Å². The number of hydrogen-bond donors (Lipinski definition) is 0. The van der Waals surface area contributed by atoms with Crippen LogP contribution in [0.5, 0.6) is 0 Å². The molecular formula is C15H24N2. The summed E-state index contributed by atoms with van der Waals surface area (Å²) < 4.78 is 0. The SMILES string of the molecule is C/C=C\c1ncncc1/C(=C\C)C(C)C.CC. The van der Waals surface area contributed by atoms with E-state index in [-0.39, 0.29) is 0 Å². The summed E-state index contributed by atoms with van der Waals surface area (Å²) in [6.45, 7) is 12.4. The normalized spacial score (nSPS) is 11.6. The number of nitrogens with zero attached hydrogens (tertiary/aromatic N) is 2. The van der Waals surface area contributed by atoms with Crippen LogP contribution in [0.3, 0.4) is 0 Å². The second kappa shape index (κ2) is 8.68. The zero-order valence-corrected chi connectivity index (χ0v) is 11.9. The molecule has 0 bridgehead atoms. The van der Waals surface area contributed by atoms with Gasteiger partial charge in [0, 0.05) is 11.8 Å². The van der Waals surface area contributed by atoms with Gasteiger partial charge in [-0.2, -0.15) is 0 Å². The Balaban J connectivity index is 0.00000121. The predicted octanol–water partition coefficient (Wildman–Crippen LogP) is 4.60. The van der Waals surface area contributed by atoms with Gasteiger partial charge in [-0.05, 0) is 31.4 Å². The van der Waals surface area contributed by atoms with Gasteiger partial charge in [-0.1, -0.05) is 39.8 Å². The van der Waals surface area contributed by atoms with Crippen LogP contribution in [0.2, 0.25) is 0 Å². The highest BCUT2D eigenvalue weighted by atomic mass is 14.8. The first-order valence-corrected chi connectivity index (χ1v) is 6.30. The van der Waals surface area contributed by atoms with Crippen molar-refractivity contribution in [3.05, 3.63) is 35.9 Å². The standard InChI is InChI=1S/C13H18N2.C2H6/c1-5-7-13-12(8-14-9-15-13)11(6-2)10(3)4;1-2/h5-10H,1-4H3;1-2H3/b7-5-,11-6-;. The fourth-order valence-electron chi connectivity index (χ4n) is 1.65. The molecule has 0 fully saturated rings. The second-order valence-electron chi connectivity index (χ2n) is 3.72. The summed E-state index contributed by atoms with van der Waals surface area (Å²) in [6.07, 6.45) is 9.63. The molecule has 0 radical (unpaired) electrons. The van der Waals surface area contributed by atoms with E-state index in [1.165, 1.54) is 5.57 Å². The molecule has 0 aromatic carbocycles. The molecule has 2 heteroatoms. The van der Waals surface area contributed by atoms with E-state index in [1.807, 2.05) is 39.1 Å². The maximum atomic E-state index is 4.28. The monoisotopic (exact) mass is 232 g/mol. The fraction of sp³-hybridized carbons (Fsp3) is 0.467. The van der Waals surface area contributed by atoms with E-state index in [4.69, 9.17) is 0 Å². The molecule has 17 heavy (non-hydrogen) atoms. The Morgan fingerprint density at radius 1 is 1.24 bits per heavy atom. The van der Waals surface area contributed by atoms with Crippen LogP contribution < -0.4 is 0 Å². The number of aromatic nitrogens is 2. The highest BCUT2D eigenvalue weighted by molar-refractivity contribution is 5.72. The van der Waals surface area contributed by atoms with Gasteiger partial charge in [0.25, 0.3) is 0 Å². The Morgan fingerprint density at radius 3 is 2.35 bits per heavy atom. The molecule has 0 N–H and O–H groups in total. The van der Waals surface area contributed by atoms with Gasteiger partial charge in [0.1, 0.15) is 6.33 Å². The molecule has 2 nitrogen and oxygen atoms in total. The first-order valence-electron chi connectivity index (χ1n) is 6.30. The van der Waals surface area contributed by atoms with E-state index in [0.29, 0.717) is 5.92 Å². The zero-order chi connectivity index (χ0) is 13.3. The summed E-state index contributed by atoms with van der Waals surface area (Å²) in [5, 5.41) is 0. The summed E-state index contributed by atoms with van der Waals surface area (Å²) >= 11 is 0. The Morgan fingerprint density at radius 2 is 1.88 bits per heavy atom. The molecular weight excluding hydrogens is 208 g/mol. The minimum Gasteiger partial charge on any atom is -0.244 e. The minimum absolute atomic E-state index is 0.491. The van der Waals surface area contributed by atoms with Crippen molar-refractivity contribution in [3.8, 4) is 0 Å². The lowest BCUT2D eigenvalue weighted by Crippen LogP contribution is -1.99. The molecule has 0 saturated carbocycles. The van der Waals surface area contributed by atoms with Gasteiger partial charge in [0.05, 0.1) is 5.69 Å². The van der Waals surface area contributed by atoms with Crippen molar-refractivity contribution in [2.24, 2.45) is 5.92 Å². The summed E-state index contributed by atoms with van der Waals surface area (Å²) in [5.41, 5.74) is 3.42. The molecule has 0 unspecified atom stereocenters. The molecule has 0 aliphatic heterocycles. The largest absolute Gasteiger partial charge is 0.244 e. The molecule has 0 aliphatic carbocycles. The first kappa shape index (κ1) is 15.6. The van der Waals surface area contributed by atoms with Gasteiger partial charge in [-0.3, -0.25) is 0 Å². The third-order valence-corrected chi connectivity index (χ3v) is 2.31. The molecule has 0 spiro atoms. The van der Waals surface area contributed by atoms with Crippen LogP contribution in [0.15, 0.2) is 24.7 Å². The summed E-state index contributed by atoms with van der Waals surface area (Å²) in [7, 11) is 0. The summed E-state index contributed by atoms with van der Waals surface area (Å²) in [5.74, 6) is 0.491. The van der Waals surface area contributed by atoms with Crippen LogP contribution in [0, 0.1) is 5.92 Å². The molecule has 1 aromatic heterocycles. The quantitative estimate of drug-likeness (QED) is 0.761. The molecule has 0 amide bonds. The lowest BCUT2D eigenvalue weighted by Gasteiger charge is -2.12. The highest BCUT2D eigenvalue weighted by Gasteiger charge is 2.09. The maximum absolute atomic E-state index is 4.28. The molecule has 0 aliphatic rings. The maximum Gasteiger partial charge on any atom is 0.116 e. The molecule has 1 rings (SSSR count). The summed E-state index contributed by atoms with van der Waals surface area (Å²) in [4.78, 5) is 8.37. The zero-order valence-electron chi connectivity index (χ0n) is 11.9. The average Bonchev–Trinajstić information content (AvgIpc) is 2.35. The fourth-order valence-corrected chi connectivity index (χ4v) is 1.65. The smallest absolute Gasteiger partial charge is 0.116 e. The molecule has 94 valence electrons. The average molecular weight is 232 g/mol. The van der Waals surface area contributed by atoms with E-state index in [9.17, 15) is 0 Å². The van der Waals surface area contributed by atoms with Crippen LogP contribution in [0.1, 0.15) is 52.8 Å². The minimum atomic E-state index is 0.491. The third-order valence-electron chi connectivity index (χ3n) is 2.31. The Hall–Kier alpha value is -1.44. The number of hydrogen-bond acceptors (Lipinski definition) is 2. The van der Waals surface area contributed by atoms with Gasteiger partial charge in [-0.25, -0.2) is 9.97 Å². The van der Waals surface area contributed by atoms with Crippen molar-refractivity contribution >= 4 is 11.6 Å². The van der Waals surface area contributed by atoms with Gasteiger partial charge in [0.2, 0.25) is 0 Å². The Kier molecular flexibility index (Phi) is 7.95. The van der Waals surface area contributed by atoms with Crippen LogP contribution >= 0.6 is 0 Å². The van der Waals surface area contributed by atoms with E-state index < -0.39 is 0 Å². The third kappa shape index (κ3) is 4.51. The summed E-state index contributed by atoms with van der Waals surface area (Å²) in [6, 6.07) is 0. The van der Waals surface area contributed by atoms with Crippen LogP contribution in [-0.4, -0.2) is 9.97 Å². The van der Waals surface area contributed by atoms with E-state index in [2.05, 4.69) is 36.8 Å². The van der Waals surface area contributed by atoms with Crippen molar-refractivity contribution in [2.45, 2.75) is 41.5 Å². The van der Waals surface area contributed by atoms with Crippen molar-refractivity contribution in [2.75, 3.05) is 0 Å². The van der Waals surface area contributed by atoms with Crippen LogP contribution in [-0.2, 0) is 0 Å². The van der Waals surface area contributed by atoms with E-state index >= 15 is 0 Å². The van der Waals surface area contributed by atoms with Gasteiger partial charge in [-0.15, -0.1) is 0 Å². The first-order chi connectivity index (χ1) is 8.20. The van der Waals surface area contributed by atoms with Gasteiger partial charge >= 0.3 is 0 Å². The van der Waals surface area contributed by atoms with Crippen LogP contribution in [0.4, 0.5) is 0 Å². The lowest BCUT2D eigenvalue weighted by atomic mass is 9.95. The predicted molar refractivity (Wildman–Crippen MR) is 76.6 cm³/mol.